The van der Waals surface area contributed by atoms with Crippen LogP contribution in [0.5, 0.6) is 0 Å². The Kier molecular flexibility index (Phi) is 4.93. The van der Waals surface area contributed by atoms with E-state index < -0.39 is 12.1 Å². The van der Waals surface area contributed by atoms with Gasteiger partial charge in [-0.25, -0.2) is 4.79 Å². The maximum absolute atomic E-state index is 11.1. The van der Waals surface area contributed by atoms with Crippen molar-refractivity contribution in [3.8, 4) is 0 Å². The number of hydrogen-bond donors (Lipinski definition) is 2. The number of rotatable bonds is 5. The molecule has 0 bridgehead atoms. The van der Waals surface area contributed by atoms with Crippen molar-refractivity contribution < 1.29 is 19.4 Å². The number of nitrogens with one attached hydrogen (secondary N) is 1. The van der Waals surface area contributed by atoms with Gasteiger partial charge < -0.3 is 15.2 Å². The van der Waals surface area contributed by atoms with Crippen LogP contribution in [0.1, 0.15) is 32.1 Å². The Hall–Kier alpha value is -1.26. The molecular weight excluding hydrogens is 198 g/mol. The summed E-state index contributed by atoms with van der Waals surface area (Å²) in [6, 6.07) is 0. The quantitative estimate of drug-likeness (QED) is 0.726. The van der Waals surface area contributed by atoms with E-state index in [2.05, 4.69) is 5.32 Å². The van der Waals surface area contributed by atoms with Gasteiger partial charge in [0.15, 0.2) is 0 Å². The molecule has 0 spiro atoms. The van der Waals surface area contributed by atoms with Crippen LogP contribution in [-0.2, 0) is 9.53 Å². The third-order valence-electron chi connectivity index (χ3n) is 2.53. The van der Waals surface area contributed by atoms with Gasteiger partial charge in [-0.05, 0) is 18.8 Å². The second kappa shape index (κ2) is 6.27. The number of aliphatic carboxylic acids is 1. The average molecular weight is 215 g/mol. The molecule has 0 aromatic rings. The molecule has 5 nitrogen and oxygen atoms in total. The highest BCUT2D eigenvalue weighted by atomic mass is 16.5. The molecule has 1 saturated carbocycles. The minimum Gasteiger partial charge on any atom is -0.481 e. The molecule has 0 unspecified atom stereocenters. The molecule has 86 valence electrons. The van der Waals surface area contributed by atoms with E-state index in [9.17, 15) is 9.59 Å². The van der Waals surface area contributed by atoms with Crippen LogP contribution in [0.25, 0.3) is 0 Å². The Bertz CT molecular complexity index is 223. The fourth-order valence-corrected chi connectivity index (χ4v) is 1.69. The number of alkyl carbamates (subject to hydrolysis) is 1. The van der Waals surface area contributed by atoms with Gasteiger partial charge in [-0.15, -0.1) is 0 Å². The molecule has 1 amide bonds. The third kappa shape index (κ3) is 5.24. The van der Waals surface area contributed by atoms with Crippen LogP contribution in [0.15, 0.2) is 0 Å². The molecule has 0 atom stereocenters. The minimum absolute atomic E-state index is 0.0709. The van der Waals surface area contributed by atoms with Crippen molar-refractivity contribution in [3.63, 3.8) is 0 Å². The van der Waals surface area contributed by atoms with Gasteiger partial charge in [0.25, 0.3) is 0 Å². The lowest BCUT2D eigenvalue weighted by atomic mass is 10.1. The average Bonchev–Trinajstić information content (AvgIpc) is 2.66. The summed E-state index contributed by atoms with van der Waals surface area (Å²) >= 11 is 0. The zero-order chi connectivity index (χ0) is 11.1. The molecule has 0 saturated heterocycles. The number of carboxylic acid groups (broad SMARTS) is 1. The molecule has 0 aromatic carbocycles. The Morgan fingerprint density at radius 3 is 2.60 bits per heavy atom. The third-order valence-corrected chi connectivity index (χ3v) is 2.53. The molecule has 0 heterocycles. The molecule has 0 aliphatic heterocycles. The maximum Gasteiger partial charge on any atom is 0.407 e. The fraction of sp³-hybridized carbons (Fsp3) is 0.800. The summed E-state index contributed by atoms with van der Waals surface area (Å²) in [7, 11) is 0. The highest BCUT2D eigenvalue weighted by Crippen LogP contribution is 2.24. The van der Waals surface area contributed by atoms with Gasteiger partial charge in [-0.3, -0.25) is 4.79 Å². The predicted octanol–water partition coefficient (Wildman–Crippen LogP) is 1.38. The van der Waals surface area contributed by atoms with E-state index in [4.69, 9.17) is 9.84 Å². The Labute approximate surface area is 88.8 Å². The number of carboxylic acids is 1. The monoisotopic (exact) mass is 215 g/mol. The number of amides is 1. The van der Waals surface area contributed by atoms with Crippen molar-refractivity contribution in [2.45, 2.75) is 32.1 Å². The van der Waals surface area contributed by atoms with E-state index in [1.807, 2.05) is 0 Å². The molecular formula is C10H17NO4. The van der Waals surface area contributed by atoms with Crippen molar-refractivity contribution in [1.29, 1.82) is 0 Å². The Morgan fingerprint density at radius 2 is 2.00 bits per heavy atom. The van der Waals surface area contributed by atoms with Crippen LogP contribution < -0.4 is 5.32 Å². The van der Waals surface area contributed by atoms with Crippen LogP contribution in [0.2, 0.25) is 0 Å². The lowest BCUT2D eigenvalue weighted by Crippen LogP contribution is -2.28. The van der Waals surface area contributed by atoms with Crippen molar-refractivity contribution in [2.24, 2.45) is 5.92 Å². The Balaban J connectivity index is 2.00. The molecule has 1 aliphatic rings. The standard InChI is InChI=1S/C10H17NO4/c12-9(13)5-6-11-10(14)15-7-8-3-1-2-4-8/h8H,1-7H2,(H,11,14)(H,12,13). The zero-order valence-electron chi connectivity index (χ0n) is 8.70. The van der Waals surface area contributed by atoms with Crippen molar-refractivity contribution in [2.75, 3.05) is 13.2 Å². The van der Waals surface area contributed by atoms with Gasteiger partial charge in [-0.2, -0.15) is 0 Å². The fourth-order valence-electron chi connectivity index (χ4n) is 1.69. The van der Waals surface area contributed by atoms with E-state index in [1.54, 1.807) is 0 Å². The van der Waals surface area contributed by atoms with Crippen LogP contribution >= 0.6 is 0 Å². The van der Waals surface area contributed by atoms with E-state index in [-0.39, 0.29) is 13.0 Å². The van der Waals surface area contributed by atoms with Crippen LogP contribution in [0.3, 0.4) is 0 Å². The number of carbonyl (C=O) groups excluding carboxylic acids is 1. The van der Waals surface area contributed by atoms with Crippen molar-refractivity contribution in [1.82, 2.24) is 5.32 Å². The molecule has 1 rings (SSSR count). The highest BCUT2D eigenvalue weighted by Gasteiger charge is 2.16. The second-order valence-electron chi connectivity index (χ2n) is 3.82. The van der Waals surface area contributed by atoms with E-state index in [0.717, 1.165) is 12.8 Å². The van der Waals surface area contributed by atoms with Crippen LogP contribution in [0, 0.1) is 5.92 Å². The normalized spacial score (nSPS) is 16.3. The van der Waals surface area contributed by atoms with Gasteiger partial charge in [0, 0.05) is 6.54 Å². The highest BCUT2D eigenvalue weighted by molar-refractivity contribution is 5.70. The van der Waals surface area contributed by atoms with Gasteiger partial charge in [0.2, 0.25) is 0 Å². The predicted molar refractivity (Wildman–Crippen MR) is 53.6 cm³/mol. The first-order valence-corrected chi connectivity index (χ1v) is 5.31. The first-order valence-electron chi connectivity index (χ1n) is 5.31. The lowest BCUT2D eigenvalue weighted by Gasteiger charge is -2.10. The SMILES string of the molecule is O=C(O)CCNC(=O)OCC1CCCC1. The van der Waals surface area contributed by atoms with Gasteiger partial charge in [-0.1, -0.05) is 12.8 Å². The van der Waals surface area contributed by atoms with Gasteiger partial charge >= 0.3 is 12.1 Å². The molecule has 0 aromatic heterocycles. The summed E-state index contributed by atoms with van der Waals surface area (Å²) in [5, 5.41) is 10.7. The van der Waals surface area contributed by atoms with Gasteiger partial charge in [0.05, 0.1) is 13.0 Å². The summed E-state index contributed by atoms with van der Waals surface area (Å²) in [6.45, 7) is 0.581. The largest absolute Gasteiger partial charge is 0.481 e. The van der Waals surface area contributed by atoms with E-state index >= 15 is 0 Å². The second-order valence-corrected chi connectivity index (χ2v) is 3.82. The summed E-state index contributed by atoms with van der Waals surface area (Å²) in [5.41, 5.74) is 0. The van der Waals surface area contributed by atoms with Gasteiger partial charge in [0.1, 0.15) is 0 Å². The topological polar surface area (TPSA) is 75.6 Å². The molecule has 0 radical (unpaired) electrons. The summed E-state index contributed by atoms with van der Waals surface area (Å²) in [4.78, 5) is 21.2. The molecule has 1 fully saturated rings. The first kappa shape index (κ1) is 11.8. The van der Waals surface area contributed by atoms with E-state index in [0.29, 0.717) is 12.5 Å². The molecule has 15 heavy (non-hydrogen) atoms. The number of hydrogen-bond acceptors (Lipinski definition) is 3. The molecule has 5 heteroatoms. The summed E-state index contributed by atoms with van der Waals surface area (Å²) in [6.07, 6.45) is 4.11. The maximum atomic E-state index is 11.1. The van der Waals surface area contributed by atoms with Crippen LogP contribution in [0.4, 0.5) is 4.79 Å². The number of carbonyl (C=O) groups is 2. The number of ether oxygens (including phenoxy) is 1. The summed E-state index contributed by atoms with van der Waals surface area (Å²) < 4.78 is 4.96. The van der Waals surface area contributed by atoms with Crippen molar-refractivity contribution in [3.05, 3.63) is 0 Å². The molecule has 1 aliphatic carbocycles. The van der Waals surface area contributed by atoms with Crippen molar-refractivity contribution >= 4 is 12.1 Å². The smallest absolute Gasteiger partial charge is 0.407 e. The lowest BCUT2D eigenvalue weighted by molar-refractivity contribution is -0.136. The molecule has 2 N–H and O–H groups in total. The summed E-state index contributed by atoms with van der Waals surface area (Å²) in [5.74, 6) is -0.429. The van der Waals surface area contributed by atoms with E-state index in [1.165, 1.54) is 12.8 Å². The van der Waals surface area contributed by atoms with Crippen LogP contribution in [-0.4, -0.2) is 30.3 Å². The minimum atomic E-state index is -0.925. The first-order chi connectivity index (χ1) is 7.18. The zero-order valence-corrected chi connectivity index (χ0v) is 8.70. The Morgan fingerprint density at radius 1 is 1.33 bits per heavy atom.